The molecule has 3 unspecified atom stereocenters. The summed E-state index contributed by atoms with van der Waals surface area (Å²) in [6.07, 6.45) is 7.52. The van der Waals surface area contributed by atoms with Crippen molar-refractivity contribution in [3.05, 3.63) is 71.8 Å². The number of hydrogen-bond acceptors (Lipinski definition) is 5. The number of phenolic OH excluding ortho intramolecular Hbond substituents is 1. The molecule has 0 spiro atoms. The van der Waals surface area contributed by atoms with Crippen LogP contribution in [-0.2, 0) is 21.2 Å². The zero-order chi connectivity index (χ0) is 24.3. The first-order valence-electron chi connectivity index (χ1n) is 11.9. The van der Waals surface area contributed by atoms with Gasteiger partial charge in [0.15, 0.2) is 0 Å². The van der Waals surface area contributed by atoms with E-state index in [1.807, 2.05) is 6.07 Å². The highest BCUT2D eigenvalue weighted by molar-refractivity contribution is 7.89. The molecular weight excluding hydrogens is 450 g/mol. The molecule has 5 rings (SSSR count). The number of primary sulfonamides is 1. The summed E-state index contributed by atoms with van der Waals surface area (Å²) in [5, 5.41) is 15.1. The summed E-state index contributed by atoms with van der Waals surface area (Å²) < 4.78 is 29.1. The SMILES string of the molecule is C=CC12CCc3cc(O)ccc3C1CC[C@@]1(C)C2CC[C@@H]1OC(=O)c1ccc(S(N)(=O)=O)cc1. The highest BCUT2D eigenvalue weighted by atomic mass is 32.2. The number of fused-ring (bicyclic) bond motifs is 5. The van der Waals surface area contributed by atoms with Crippen molar-refractivity contribution in [3.8, 4) is 5.75 Å². The van der Waals surface area contributed by atoms with E-state index in [1.165, 1.54) is 35.4 Å². The molecule has 34 heavy (non-hydrogen) atoms. The highest BCUT2D eigenvalue weighted by Crippen LogP contribution is 2.68. The fourth-order valence-corrected chi connectivity index (χ4v) is 7.75. The first-order chi connectivity index (χ1) is 16.1. The van der Waals surface area contributed by atoms with Gasteiger partial charge in [-0.2, -0.15) is 0 Å². The van der Waals surface area contributed by atoms with E-state index in [1.54, 1.807) is 6.07 Å². The van der Waals surface area contributed by atoms with Crippen LogP contribution in [0, 0.1) is 16.7 Å². The van der Waals surface area contributed by atoms with Gasteiger partial charge in [0, 0.05) is 5.41 Å². The van der Waals surface area contributed by atoms with Crippen LogP contribution in [0.15, 0.2) is 60.0 Å². The Morgan fingerprint density at radius 3 is 2.56 bits per heavy atom. The first-order valence-corrected chi connectivity index (χ1v) is 13.4. The minimum absolute atomic E-state index is 0.0333. The second-order valence-electron chi connectivity index (χ2n) is 10.4. The highest BCUT2D eigenvalue weighted by Gasteiger charge is 2.62. The molecule has 0 saturated heterocycles. The minimum Gasteiger partial charge on any atom is -0.508 e. The molecule has 0 aromatic heterocycles. The molecule has 0 amide bonds. The third-order valence-electron chi connectivity index (χ3n) is 8.90. The van der Waals surface area contributed by atoms with Crippen LogP contribution in [0.1, 0.15) is 66.4 Å². The summed E-state index contributed by atoms with van der Waals surface area (Å²) in [6, 6.07) is 11.3. The van der Waals surface area contributed by atoms with Crippen LogP contribution in [-0.4, -0.2) is 25.6 Å². The molecule has 0 heterocycles. The predicted molar refractivity (Wildman–Crippen MR) is 129 cm³/mol. The number of rotatable bonds is 4. The number of ether oxygens (including phenoxy) is 1. The normalized spacial score (nSPS) is 32.2. The molecule has 2 fully saturated rings. The number of nitrogens with two attached hydrogens (primary N) is 1. The number of carbonyl (C=O) groups excluding carboxylic acids is 1. The van der Waals surface area contributed by atoms with Gasteiger partial charge in [0.25, 0.3) is 0 Å². The van der Waals surface area contributed by atoms with Crippen molar-refractivity contribution in [1.82, 2.24) is 0 Å². The molecule has 2 aromatic carbocycles. The Balaban J connectivity index is 1.40. The fourth-order valence-electron chi connectivity index (χ4n) is 7.24. The largest absolute Gasteiger partial charge is 0.508 e. The summed E-state index contributed by atoms with van der Waals surface area (Å²) in [7, 11) is -3.81. The Kier molecular flexibility index (Phi) is 5.41. The lowest BCUT2D eigenvalue weighted by Crippen LogP contribution is -2.51. The van der Waals surface area contributed by atoms with E-state index in [-0.39, 0.29) is 21.8 Å². The lowest BCUT2D eigenvalue weighted by molar-refractivity contribution is -0.0641. The minimum atomic E-state index is -3.81. The summed E-state index contributed by atoms with van der Waals surface area (Å²) in [5.74, 6) is 0.580. The van der Waals surface area contributed by atoms with Crippen LogP contribution in [0.25, 0.3) is 0 Å². The smallest absolute Gasteiger partial charge is 0.338 e. The summed E-state index contributed by atoms with van der Waals surface area (Å²) >= 11 is 0. The van der Waals surface area contributed by atoms with Gasteiger partial charge in [-0.05, 0) is 103 Å². The van der Waals surface area contributed by atoms with Crippen molar-refractivity contribution in [3.63, 3.8) is 0 Å². The molecule has 3 aliphatic carbocycles. The van der Waals surface area contributed by atoms with Gasteiger partial charge in [0.05, 0.1) is 10.5 Å². The molecule has 2 aromatic rings. The molecule has 2 saturated carbocycles. The molecular formula is C27H31NO5S. The average molecular weight is 482 g/mol. The first kappa shape index (κ1) is 23.1. The van der Waals surface area contributed by atoms with Gasteiger partial charge in [0.1, 0.15) is 11.9 Å². The number of sulfonamides is 1. The van der Waals surface area contributed by atoms with Crippen molar-refractivity contribution in [2.45, 2.75) is 62.4 Å². The predicted octanol–water partition coefficient (Wildman–Crippen LogP) is 4.68. The number of carbonyl (C=O) groups is 1. The van der Waals surface area contributed by atoms with E-state index in [0.29, 0.717) is 23.1 Å². The van der Waals surface area contributed by atoms with Crippen molar-refractivity contribution in [2.24, 2.45) is 21.9 Å². The van der Waals surface area contributed by atoms with Crippen molar-refractivity contribution in [2.75, 3.05) is 0 Å². The third-order valence-corrected chi connectivity index (χ3v) is 9.82. The van der Waals surface area contributed by atoms with Crippen LogP contribution in [0.3, 0.4) is 0 Å². The molecule has 3 N–H and O–H groups in total. The van der Waals surface area contributed by atoms with E-state index in [9.17, 15) is 18.3 Å². The van der Waals surface area contributed by atoms with Crippen LogP contribution in [0.5, 0.6) is 5.75 Å². The van der Waals surface area contributed by atoms with Gasteiger partial charge < -0.3 is 9.84 Å². The zero-order valence-corrected chi connectivity index (χ0v) is 20.2. The lowest BCUT2D eigenvalue weighted by Gasteiger charge is -2.57. The lowest BCUT2D eigenvalue weighted by atomic mass is 9.47. The van der Waals surface area contributed by atoms with Crippen LogP contribution < -0.4 is 5.14 Å². The number of phenols is 1. The quantitative estimate of drug-likeness (QED) is 0.487. The summed E-state index contributed by atoms with van der Waals surface area (Å²) in [4.78, 5) is 12.9. The Morgan fingerprint density at radius 1 is 1.15 bits per heavy atom. The second-order valence-corrected chi connectivity index (χ2v) is 12.0. The van der Waals surface area contributed by atoms with E-state index in [4.69, 9.17) is 9.88 Å². The number of allylic oxidation sites excluding steroid dienone is 1. The maximum absolute atomic E-state index is 13.0. The Bertz CT molecular complexity index is 1250. The standard InChI is InChI=1S/C27H31NO5S/c1-3-27-15-12-18-16-19(29)6-9-21(18)22(27)13-14-26(2)23(27)10-11-24(26)33-25(30)17-4-7-20(8-5-17)34(28,31)32/h3-9,16,22-24,29H,1,10-15H2,2H3,(H2,28,31,32)/t22?,23?,24-,26-,27?/m0/s1. The van der Waals surface area contributed by atoms with Crippen molar-refractivity contribution in [1.29, 1.82) is 0 Å². The Morgan fingerprint density at radius 2 is 1.88 bits per heavy atom. The fraction of sp³-hybridized carbons (Fsp3) is 0.444. The third kappa shape index (κ3) is 3.48. The molecule has 6 nitrogen and oxygen atoms in total. The number of hydrogen-bond donors (Lipinski definition) is 2. The maximum atomic E-state index is 13.0. The van der Waals surface area contributed by atoms with E-state index in [2.05, 4.69) is 25.6 Å². The molecule has 5 atom stereocenters. The zero-order valence-electron chi connectivity index (χ0n) is 19.4. The van der Waals surface area contributed by atoms with Crippen molar-refractivity contribution >= 4 is 16.0 Å². The van der Waals surface area contributed by atoms with E-state index in [0.717, 1.165) is 38.5 Å². The van der Waals surface area contributed by atoms with E-state index >= 15 is 0 Å². The average Bonchev–Trinajstić information content (AvgIpc) is 3.14. The van der Waals surface area contributed by atoms with Gasteiger partial charge in [-0.25, -0.2) is 18.4 Å². The van der Waals surface area contributed by atoms with Gasteiger partial charge in [-0.3, -0.25) is 0 Å². The molecule has 3 aliphatic rings. The monoisotopic (exact) mass is 481 g/mol. The molecule has 0 radical (unpaired) electrons. The van der Waals surface area contributed by atoms with Gasteiger partial charge in [0.2, 0.25) is 10.0 Å². The molecule has 0 aliphatic heterocycles. The van der Waals surface area contributed by atoms with Gasteiger partial charge >= 0.3 is 5.97 Å². The Labute approximate surface area is 200 Å². The van der Waals surface area contributed by atoms with E-state index < -0.39 is 16.0 Å². The number of esters is 1. The molecule has 7 heteroatoms. The number of aryl methyl sites for hydroxylation is 1. The summed E-state index contributed by atoms with van der Waals surface area (Å²) in [6.45, 7) is 6.54. The summed E-state index contributed by atoms with van der Waals surface area (Å²) in [5.41, 5.74) is 2.65. The number of benzene rings is 2. The molecule has 0 bridgehead atoms. The Hall–Kier alpha value is -2.64. The van der Waals surface area contributed by atoms with Crippen LogP contribution in [0.4, 0.5) is 0 Å². The van der Waals surface area contributed by atoms with Gasteiger partial charge in [-0.15, -0.1) is 6.58 Å². The van der Waals surface area contributed by atoms with Crippen molar-refractivity contribution < 1.29 is 23.1 Å². The van der Waals surface area contributed by atoms with Crippen LogP contribution >= 0.6 is 0 Å². The topological polar surface area (TPSA) is 107 Å². The second kappa shape index (κ2) is 7.95. The molecule has 180 valence electrons. The van der Waals surface area contributed by atoms with Gasteiger partial charge in [-0.1, -0.05) is 19.1 Å². The maximum Gasteiger partial charge on any atom is 0.338 e. The van der Waals surface area contributed by atoms with Crippen LogP contribution in [0.2, 0.25) is 0 Å². The number of aromatic hydroxyl groups is 1.